The zero-order chi connectivity index (χ0) is 13.8. The van der Waals surface area contributed by atoms with E-state index in [1.54, 1.807) is 6.92 Å². The molecule has 0 N–H and O–H groups in total. The summed E-state index contributed by atoms with van der Waals surface area (Å²) < 4.78 is 48.5. The van der Waals surface area contributed by atoms with Gasteiger partial charge in [0, 0.05) is 6.42 Å². The third-order valence-electron chi connectivity index (χ3n) is 2.36. The van der Waals surface area contributed by atoms with Crippen LogP contribution in [0, 0.1) is 0 Å². The van der Waals surface area contributed by atoms with Crippen LogP contribution in [0.1, 0.15) is 13.3 Å². The molecule has 18 heavy (non-hydrogen) atoms. The fourth-order valence-electron chi connectivity index (χ4n) is 1.38. The number of ether oxygens (including phenoxy) is 2. The summed E-state index contributed by atoms with van der Waals surface area (Å²) in [7, 11) is 1.32. The van der Waals surface area contributed by atoms with Crippen molar-refractivity contribution in [3.05, 3.63) is 30.4 Å². The molecule has 0 fully saturated rings. The molecule has 100 valence electrons. The molecular formula is C12H15BF3O2-. The van der Waals surface area contributed by atoms with Gasteiger partial charge in [-0.05, 0) is 25.1 Å². The fraction of sp³-hybridized carbons (Fsp3) is 0.333. The van der Waals surface area contributed by atoms with Crippen molar-refractivity contribution >= 4 is 12.4 Å². The predicted molar refractivity (Wildman–Crippen MR) is 66.6 cm³/mol. The van der Waals surface area contributed by atoms with Gasteiger partial charge >= 0.3 is 6.98 Å². The topological polar surface area (TPSA) is 18.5 Å². The molecule has 0 aromatic heterocycles. The summed E-state index contributed by atoms with van der Waals surface area (Å²) in [5.74, 6) is 0.000927. The lowest BCUT2D eigenvalue weighted by atomic mass is 9.79. The second-order valence-corrected chi connectivity index (χ2v) is 4.03. The first kappa shape index (κ1) is 14.5. The minimum absolute atomic E-state index is 0.162. The molecule has 0 unspecified atom stereocenters. The summed E-state index contributed by atoms with van der Waals surface area (Å²) in [6.45, 7) is 0.521. The van der Waals surface area contributed by atoms with Crippen molar-refractivity contribution in [1.82, 2.24) is 0 Å². The third-order valence-corrected chi connectivity index (χ3v) is 2.36. The van der Waals surface area contributed by atoms with Gasteiger partial charge in [0.05, 0.1) is 19.5 Å². The molecule has 0 aliphatic heterocycles. The highest BCUT2D eigenvalue weighted by Crippen LogP contribution is 2.22. The Bertz CT molecular complexity index is 430. The van der Waals surface area contributed by atoms with Crippen molar-refractivity contribution in [1.29, 1.82) is 0 Å². The van der Waals surface area contributed by atoms with E-state index < -0.39 is 12.4 Å². The molecule has 0 aliphatic carbocycles. The van der Waals surface area contributed by atoms with Crippen LogP contribution in [0.25, 0.3) is 0 Å². The summed E-state index contributed by atoms with van der Waals surface area (Å²) in [6, 6.07) is 3.68. The van der Waals surface area contributed by atoms with E-state index in [9.17, 15) is 12.9 Å². The Morgan fingerprint density at radius 2 is 2.00 bits per heavy atom. The minimum Gasteiger partial charge on any atom is -0.497 e. The molecule has 6 heteroatoms. The first-order chi connectivity index (χ1) is 8.34. The Morgan fingerprint density at radius 1 is 1.33 bits per heavy atom. The lowest BCUT2D eigenvalue weighted by molar-refractivity contribution is 0.321. The van der Waals surface area contributed by atoms with Crippen molar-refractivity contribution in [2.75, 3.05) is 13.7 Å². The highest BCUT2D eigenvalue weighted by molar-refractivity contribution is 6.74. The van der Waals surface area contributed by atoms with Crippen molar-refractivity contribution < 1.29 is 22.4 Å². The van der Waals surface area contributed by atoms with Crippen molar-refractivity contribution in [3.8, 4) is 11.5 Å². The van der Waals surface area contributed by atoms with E-state index in [-0.39, 0.29) is 18.1 Å². The van der Waals surface area contributed by atoms with Crippen LogP contribution in [0.2, 0.25) is 0 Å². The van der Waals surface area contributed by atoms with Gasteiger partial charge in [-0.3, -0.25) is 0 Å². The molecule has 0 radical (unpaired) electrons. The van der Waals surface area contributed by atoms with Gasteiger partial charge in [-0.15, -0.1) is 6.58 Å². The van der Waals surface area contributed by atoms with Crippen LogP contribution in [-0.4, -0.2) is 20.7 Å². The summed E-state index contributed by atoms with van der Waals surface area (Å²) in [6.07, 6.45) is 0.524. The monoisotopic (exact) mass is 259 g/mol. The summed E-state index contributed by atoms with van der Waals surface area (Å²) in [4.78, 5) is 0. The van der Waals surface area contributed by atoms with Crippen LogP contribution in [0.5, 0.6) is 11.5 Å². The maximum atomic E-state index is 12.9. The fourth-order valence-corrected chi connectivity index (χ4v) is 1.38. The molecular weight excluding hydrogens is 244 g/mol. The quantitative estimate of drug-likeness (QED) is 0.577. The first-order valence-electron chi connectivity index (χ1n) is 5.49. The Morgan fingerprint density at radius 3 is 2.50 bits per heavy atom. The molecule has 2 nitrogen and oxygen atoms in total. The van der Waals surface area contributed by atoms with Gasteiger partial charge in [0.15, 0.2) is 0 Å². The van der Waals surface area contributed by atoms with E-state index in [2.05, 4.69) is 6.58 Å². The van der Waals surface area contributed by atoms with E-state index in [0.29, 0.717) is 6.42 Å². The van der Waals surface area contributed by atoms with Gasteiger partial charge < -0.3 is 22.4 Å². The van der Waals surface area contributed by atoms with Crippen molar-refractivity contribution in [3.63, 3.8) is 0 Å². The number of benzene rings is 1. The lowest BCUT2D eigenvalue weighted by Crippen LogP contribution is -2.35. The zero-order valence-corrected chi connectivity index (χ0v) is 10.4. The smallest absolute Gasteiger partial charge is 0.497 e. The second kappa shape index (κ2) is 5.84. The summed E-state index contributed by atoms with van der Waals surface area (Å²) >= 11 is 0. The molecule has 1 aromatic carbocycles. The molecule has 0 heterocycles. The Balaban J connectivity index is 2.92. The van der Waals surface area contributed by atoms with E-state index in [1.165, 1.54) is 19.2 Å². The van der Waals surface area contributed by atoms with Crippen LogP contribution < -0.4 is 14.9 Å². The van der Waals surface area contributed by atoms with Gasteiger partial charge in [0.25, 0.3) is 0 Å². The zero-order valence-electron chi connectivity index (χ0n) is 10.4. The number of rotatable bonds is 6. The molecule has 0 atom stereocenters. The molecule has 0 amide bonds. The van der Waals surface area contributed by atoms with Gasteiger partial charge in [-0.1, -0.05) is 11.0 Å². The Kier molecular flexibility index (Phi) is 4.70. The number of hydrogen-bond acceptors (Lipinski definition) is 2. The average Bonchev–Trinajstić information content (AvgIpc) is 2.27. The van der Waals surface area contributed by atoms with Crippen LogP contribution in [0.3, 0.4) is 0 Å². The SMILES string of the molecule is C=C(C)CCOc1ccc(OC)cc1[B-](F)(F)F. The third kappa shape index (κ3) is 4.02. The van der Waals surface area contributed by atoms with Crippen molar-refractivity contribution in [2.24, 2.45) is 0 Å². The van der Waals surface area contributed by atoms with E-state index in [0.717, 1.165) is 11.6 Å². The molecule has 0 saturated heterocycles. The molecule has 0 bridgehead atoms. The van der Waals surface area contributed by atoms with Crippen LogP contribution in [0.15, 0.2) is 30.4 Å². The van der Waals surface area contributed by atoms with E-state index in [4.69, 9.17) is 9.47 Å². The van der Waals surface area contributed by atoms with E-state index >= 15 is 0 Å². The highest BCUT2D eigenvalue weighted by Gasteiger charge is 2.29. The molecule has 0 saturated carbocycles. The second-order valence-electron chi connectivity index (χ2n) is 4.03. The summed E-state index contributed by atoms with van der Waals surface area (Å²) in [5, 5.41) is 0. The lowest BCUT2D eigenvalue weighted by Gasteiger charge is -2.20. The summed E-state index contributed by atoms with van der Waals surface area (Å²) in [5.41, 5.74) is 0.0960. The van der Waals surface area contributed by atoms with Gasteiger partial charge in [-0.2, -0.15) is 0 Å². The van der Waals surface area contributed by atoms with Gasteiger partial charge in [0.2, 0.25) is 0 Å². The van der Waals surface area contributed by atoms with Gasteiger partial charge in [-0.25, -0.2) is 0 Å². The maximum absolute atomic E-state index is 12.9. The normalized spacial score (nSPS) is 11.2. The molecule has 1 rings (SSSR count). The van der Waals surface area contributed by atoms with Crippen LogP contribution in [0.4, 0.5) is 12.9 Å². The standard InChI is InChI=1S/C12H15BF3O2/c1-9(2)6-7-18-12-5-4-10(17-3)8-11(12)13(14,15)16/h4-5,8H,1,6-7H2,2-3H3/q-1. The number of halogens is 3. The first-order valence-corrected chi connectivity index (χ1v) is 5.49. The minimum atomic E-state index is -5.12. The molecule has 0 spiro atoms. The molecule has 0 aliphatic rings. The Labute approximate surface area is 104 Å². The van der Waals surface area contributed by atoms with Gasteiger partial charge in [0.1, 0.15) is 5.75 Å². The highest BCUT2D eigenvalue weighted by atomic mass is 19.4. The largest absolute Gasteiger partial charge is 0.513 e. The number of methoxy groups -OCH3 is 1. The average molecular weight is 259 g/mol. The maximum Gasteiger partial charge on any atom is 0.513 e. The molecule has 1 aromatic rings. The van der Waals surface area contributed by atoms with E-state index in [1.807, 2.05) is 0 Å². The Hall–Kier alpha value is -1.59. The predicted octanol–water partition coefficient (Wildman–Crippen LogP) is 3.09. The van der Waals surface area contributed by atoms with Crippen LogP contribution in [-0.2, 0) is 0 Å². The van der Waals surface area contributed by atoms with Crippen LogP contribution >= 0.6 is 0 Å². The number of hydrogen-bond donors (Lipinski definition) is 0. The van der Waals surface area contributed by atoms with Crippen molar-refractivity contribution in [2.45, 2.75) is 13.3 Å².